The normalized spacial score (nSPS) is 16.9. The summed E-state index contributed by atoms with van der Waals surface area (Å²) in [5.41, 5.74) is 1.26. The molecule has 1 aliphatic heterocycles. The molecule has 1 fully saturated rings. The molecule has 20 heavy (non-hydrogen) atoms. The molecular formula is C14H9BrN2OS2. The van der Waals surface area contributed by atoms with Gasteiger partial charge in [0.25, 0.3) is 5.91 Å². The predicted molar refractivity (Wildman–Crippen MR) is 89.7 cm³/mol. The third kappa shape index (κ3) is 2.54. The monoisotopic (exact) mass is 364 g/mol. The Morgan fingerprint density at radius 3 is 2.60 bits per heavy atom. The molecule has 100 valence electrons. The molecule has 2 heterocycles. The van der Waals surface area contributed by atoms with Gasteiger partial charge in [-0.15, -0.1) is 11.3 Å². The van der Waals surface area contributed by atoms with E-state index in [4.69, 9.17) is 12.2 Å². The second-order valence-corrected chi connectivity index (χ2v) is 6.99. The maximum Gasteiger partial charge on any atom is 0.281 e. The molecule has 1 N–H and O–H groups in total. The summed E-state index contributed by atoms with van der Waals surface area (Å²) in [6, 6.07) is 13.3. The zero-order valence-electron chi connectivity index (χ0n) is 10.2. The number of thiocarbonyl (C=S) groups is 1. The number of hydrogen-bond acceptors (Lipinski definition) is 3. The van der Waals surface area contributed by atoms with Gasteiger partial charge >= 0.3 is 0 Å². The summed E-state index contributed by atoms with van der Waals surface area (Å²) in [6.07, 6.45) is 1.81. The van der Waals surface area contributed by atoms with Crippen LogP contribution in [0.5, 0.6) is 0 Å². The molecule has 0 aliphatic carbocycles. The smallest absolute Gasteiger partial charge is 0.281 e. The van der Waals surface area contributed by atoms with E-state index < -0.39 is 0 Å². The van der Waals surface area contributed by atoms with Gasteiger partial charge in [-0.05, 0) is 58.5 Å². The minimum Gasteiger partial charge on any atom is -0.327 e. The van der Waals surface area contributed by atoms with Crippen molar-refractivity contribution in [1.29, 1.82) is 0 Å². The van der Waals surface area contributed by atoms with Crippen LogP contribution < -0.4 is 10.2 Å². The highest BCUT2D eigenvalue weighted by Gasteiger charge is 2.31. The number of amides is 1. The molecule has 3 nitrogen and oxygen atoms in total. The number of carbonyl (C=O) groups is 1. The maximum atomic E-state index is 12.4. The van der Waals surface area contributed by atoms with Crippen LogP contribution in [0.3, 0.4) is 0 Å². The molecule has 1 aromatic carbocycles. The predicted octanol–water partition coefficient (Wildman–Crippen LogP) is 3.77. The molecule has 2 aromatic rings. The van der Waals surface area contributed by atoms with Crippen molar-refractivity contribution in [2.45, 2.75) is 0 Å². The minimum atomic E-state index is -0.134. The van der Waals surface area contributed by atoms with Crippen LogP contribution in [0.1, 0.15) is 4.88 Å². The number of rotatable bonds is 2. The zero-order valence-corrected chi connectivity index (χ0v) is 13.4. The van der Waals surface area contributed by atoms with Crippen LogP contribution in [0.15, 0.2) is 51.9 Å². The molecule has 0 spiro atoms. The van der Waals surface area contributed by atoms with Crippen LogP contribution in [-0.2, 0) is 4.79 Å². The van der Waals surface area contributed by atoms with Gasteiger partial charge in [0.1, 0.15) is 5.70 Å². The maximum absolute atomic E-state index is 12.4. The quantitative estimate of drug-likeness (QED) is 0.650. The average Bonchev–Trinajstić information content (AvgIpc) is 2.96. The summed E-state index contributed by atoms with van der Waals surface area (Å²) in [5.74, 6) is -0.134. The highest BCUT2D eigenvalue weighted by Crippen LogP contribution is 2.26. The fourth-order valence-corrected chi connectivity index (χ4v) is 3.56. The van der Waals surface area contributed by atoms with Crippen LogP contribution in [0.25, 0.3) is 6.08 Å². The Kier molecular flexibility index (Phi) is 3.69. The SMILES string of the molecule is O=C1/C(=C/c2ccc(Br)s2)NC(=S)N1c1ccccc1. The topological polar surface area (TPSA) is 32.3 Å². The Morgan fingerprint density at radius 1 is 1.20 bits per heavy atom. The summed E-state index contributed by atoms with van der Waals surface area (Å²) >= 11 is 10.2. The van der Waals surface area contributed by atoms with E-state index in [0.717, 1.165) is 14.4 Å². The highest BCUT2D eigenvalue weighted by molar-refractivity contribution is 9.11. The summed E-state index contributed by atoms with van der Waals surface area (Å²) in [6.45, 7) is 0. The van der Waals surface area contributed by atoms with Gasteiger partial charge in [0, 0.05) is 4.88 Å². The van der Waals surface area contributed by atoms with E-state index in [1.165, 1.54) is 4.90 Å². The molecule has 0 radical (unpaired) electrons. The van der Waals surface area contributed by atoms with E-state index in [1.807, 2.05) is 48.5 Å². The Bertz CT molecular complexity index is 709. The van der Waals surface area contributed by atoms with Gasteiger partial charge in [0.15, 0.2) is 5.11 Å². The van der Waals surface area contributed by atoms with E-state index in [2.05, 4.69) is 21.2 Å². The standard InChI is InChI=1S/C14H9BrN2OS2/c15-12-7-6-10(20-12)8-11-13(18)17(14(19)16-11)9-4-2-1-3-5-9/h1-8H,(H,16,19)/b11-8-. The number of nitrogens with zero attached hydrogens (tertiary/aromatic N) is 1. The summed E-state index contributed by atoms with van der Waals surface area (Å²) in [4.78, 5) is 14.9. The van der Waals surface area contributed by atoms with Gasteiger partial charge in [-0.1, -0.05) is 18.2 Å². The molecule has 1 saturated heterocycles. The van der Waals surface area contributed by atoms with Crippen molar-refractivity contribution in [2.75, 3.05) is 4.90 Å². The zero-order chi connectivity index (χ0) is 14.1. The first-order valence-corrected chi connectivity index (χ1v) is 7.84. The fraction of sp³-hybridized carbons (Fsp3) is 0. The lowest BCUT2D eigenvalue weighted by atomic mass is 10.3. The van der Waals surface area contributed by atoms with Crippen LogP contribution in [-0.4, -0.2) is 11.0 Å². The van der Waals surface area contributed by atoms with Crippen LogP contribution in [0, 0.1) is 0 Å². The Morgan fingerprint density at radius 2 is 1.95 bits per heavy atom. The van der Waals surface area contributed by atoms with Crippen molar-refractivity contribution < 1.29 is 4.79 Å². The van der Waals surface area contributed by atoms with E-state index >= 15 is 0 Å². The molecule has 0 atom stereocenters. The van der Waals surface area contributed by atoms with E-state index in [-0.39, 0.29) is 5.91 Å². The van der Waals surface area contributed by atoms with Crippen molar-refractivity contribution in [3.05, 3.63) is 56.8 Å². The van der Waals surface area contributed by atoms with Crippen molar-refractivity contribution in [2.24, 2.45) is 0 Å². The number of benzene rings is 1. The first kappa shape index (κ1) is 13.5. The fourth-order valence-electron chi connectivity index (χ4n) is 1.89. The largest absolute Gasteiger partial charge is 0.327 e. The van der Waals surface area contributed by atoms with Gasteiger partial charge < -0.3 is 5.32 Å². The van der Waals surface area contributed by atoms with Gasteiger partial charge in [0.05, 0.1) is 9.47 Å². The van der Waals surface area contributed by atoms with Crippen molar-refractivity contribution in [3.8, 4) is 0 Å². The lowest BCUT2D eigenvalue weighted by Gasteiger charge is -2.13. The molecule has 1 amide bonds. The molecular weight excluding hydrogens is 356 g/mol. The molecule has 6 heteroatoms. The number of carbonyl (C=O) groups excluding carboxylic acids is 1. The van der Waals surface area contributed by atoms with Crippen molar-refractivity contribution in [3.63, 3.8) is 0 Å². The summed E-state index contributed by atoms with van der Waals surface area (Å²) in [7, 11) is 0. The second kappa shape index (κ2) is 5.47. The van der Waals surface area contributed by atoms with E-state index in [0.29, 0.717) is 10.8 Å². The molecule has 0 unspecified atom stereocenters. The number of thiophene rings is 1. The lowest BCUT2D eigenvalue weighted by molar-refractivity contribution is -0.113. The third-order valence-corrected chi connectivity index (χ3v) is 4.63. The first-order valence-electron chi connectivity index (χ1n) is 5.83. The van der Waals surface area contributed by atoms with E-state index in [1.54, 1.807) is 11.3 Å². The molecule has 0 saturated carbocycles. The third-order valence-electron chi connectivity index (χ3n) is 2.77. The van der Waals surface area contributed by atoms with Crippen molar-refractivity contribution >= 4 is 62.3 Å². The molecule has 0 bridgehead atoms. The summed E-state index contributed by atoms with van der Waals surface area (Å²) in [5, 5.41) is 3.38. The van der Waals surface area contributed by atoms with Gasteiger partial charge in [-0.3, -0.25) is 9.69 Å². The average molecular weight is 365 g/mol. The minimum absolute atomic E-state index is 0.134. The number of hydrogen-bond donors (Lipinski definition) is 1. The molecule has 3 rings (SSSR count). The van der Waals surface area contributed by atoms with Gasteiger partial charge in [0.2, 0.25) is 0 Å². The van der Waals surface area contributed by atoms with Gasteiger partial charge in [-0.2, -0.15) is 0 Å². The Balaban J connectivity index is 1.93. The summed E-state index contributed by atoms with van der Waals surface area (Å²) < 4.78 is 1.03. The van der Waals surface area contributed by atoms with Crippen LogP contribution >= 0.6 is 39.5 Å². The van der Waals surface area contributed by atoms with Crippen LogP contribution in [0.4, 0.5) is 5.69 Å². The second-order valence-electron chi connectivity index (χ2n) is 4.11. The van der Waals surface area contributed by atoms with Crippen LogP contribution in [0.2, 0.25) is 0 Å². The number of halogens is 1. The first-order chi connectivity index (χ1) is 9.65. The number of nitrogens with one attached hydrogen (secondary N) is 1. The Labute approximate surface area is 134 Å². The number of para-hydroxylation sites is 1. The van der Waals surface area contributed by atoms with Gasteiger partial charge in [-0.25, -0.2) is 0 Å². The van der Waals surface area contributed by atoms with Crippen molar-refractivity contribution in [1.82, 2.24) is 5.32 Å². The Hall–Kier alpha value is -1.50. The molecule has 1 aliphatic rings. The highest BCUT2D eigenvalue weighted by atomic mass is 79.9. The number of anilines is 1. The lowest BCUT2D eigenvalue weighted by Crippen LogP contribution is -2.30. The van der Waals surface area contributed by atoms with E-state index in [9.17, 15) is 4.79 Å². The molecule has 1 aromatic heterocycles.